The van der Waals surface area contributed by atoms with Crippen molar-refractivity contribution in [1.82, 2.24) is 9.97 Å². The first-order chi connectivity index (χ1) is 13.1. The molecular formula is C18H13BrCl6N2O. The molecule has 0 N–H and O–H groups in total. The smallest absolute Gasteiger partial charge is 0.232 e. The molecule has 0 saturated heterocycles. The van der Waals surface area contributed by atoms with Gasteiger partial charge in [0.1, 0.15) is 11.3 Å². The van der Waals surface area contributed by atoms with E-state index in [-0.39, 0.29) is 11.4 Å². The van der Waals surface area contributed by atoms with Gasteiger partial charge in [0.15, 0.2) is 0 Å². The van der Waals surface area contributed by atoms with Crippen LogP contribution in [0.3, 0.4) is 0 Å². The Morgan fingerprint density at radius 3 is 2.11 bits per heavy atom. The molecule has 0 radical (unpaired) electrons. The Hall–Kier alpha value is 0.0600. The number of nitrogens with zero attached hydrogens (tertiary/aromatic N) is 2. The Morgan fingerprint density at radius 1 is 0.821 bits per heavy atom. The van der Waals surface area contributed by atoms with Crippen LogP contribution < -0.4 is 4.74 Å². The van der Waals surface area contributed by atoms with Crippen LogP contribution in [-0.2, 0) is 7.59 Å². The van der Waals surface area contributed by atoms with E-state index in [0.717, 1.165) is 28.9 Å². The van der Waals surface area contributed by atoms with Crippen LogP contribution >= 0.6 is 85.5 Å². The second-order valence-corrected chi connectivity index (χ2v) is 11.3. The van der Waals surface area contributed by atoms with Crippen molar-refractivity contribution in [2.75, 3.05) is 11.9 Å². The summed E-state index contributed by atoms with van der Waals surface area (Å²) in [6.07, 6.45) is 1.86. The van der Waals surface area contributed by atoms with Crippen molar-refractivity contribution in [3.8, 4) is 5.75 Å². The average Bonchev–Trinajstić information content (AvgIpc) is 2.62. The molecule has 0 spiro atoms. The van der Waals surface area contributed by atoms with E-state index >= 15 is 0 Å². The first kappa shape index (κ1) is 22.7. The normalized spacial score (nSPS) is 12.7. The number of ether oxygens (including phenoxy) is 1. The second-order valence-electron chi connectivity index (χ2n) is 5.98. The lowest BCUT2D eigenvalue weighted by Crippen LogP contribution is -2.08. The Bertz CT molecular complexity index is 1000. The van der Waals surface area contributed by atoms with E-state index in [9.17, 15) is 0 Å². The van der Waals surface area contributed by atoms with Crippen LogP contribution in [0.2, 0.25) is 0 Å². The number of benzene rings is 1. The first-order valence-electron chi connectivity index (χ1n) is 8.19. The highest BCUT2D eigenvalue weighted by Crippen LogP contribution is 2.42. The van der Waals surface area contributed by atoms with Crippen molar-refractivity contribution in [2.45, 2.75) is 20.4 Å². The summed E-state index contributed by atoms with van der Waals surface area (Å²) in [5, 5.41) is 2.45. The molecule has 3 aromatic rings. The maximum Gasteiger partial charge on any atom is 0.232 e. The fraction of sp³-hybridized carbons (Fsp3) is 0.333. The van der Waals surface area contributed by atoms with Crippen molar-refractivity contribution in [3.63, 3.8) is 0 Å². The first-order valence-corrected chi connectivity index (χ1v) is 11.6. The monoisotopic (exact) mass is 562 g/mol. The van der Waals surface area contributed by atoms with Gasteiger partial charge in [-0.2, -0.15) is 0 Å². The van der Waals surface area contributed by atoms with Gasteiger partial charge in [0.25, 0.3) is 0 Å². The molecule has 2 heterocycles. The molecule has 3 nitrogen and oxygen atoms in total. The van der Waals surface area contributed by atoms with Gasteiger partial charge >= 0.3 is 0 Å². The third-order valence-corrected chi connectivity index (χ3v) is 5.69. The number of unbranched alkanes of at least 4 members (excludes halogenated alkanes) is 1. The van der Waals surface area contributed by atoms with Crippen LogP contribution in [0.15, 0.2) is 30.3 Å². The van der Waals surface area contributed by atoms with Crippen LogP contribution in [0.4, 0.5) is 0 Å². The highest BCUT2D eigenvalue weighted by molar-refractivity contribution is 9.09. The molecule has 10 heteroatoms. The number of halogens is 7. The summed E-state index contributed by atoms with van der Waals surface area (Å²) in [6, 6.07) is 8.88. The number of rotatable bonds is 5. The van der Waals surface area contributed by atoms with Gasteiger partial charge < -0.3 is 4.74 Å². The van der Waals surface area contributed by atoms with E-state index in [2.05, 4.69) is 25.9 Å². The lowest BCUT2D eigenvalue weighted by Gasteiger charge is -2.17. The minimum Gasteiger partial charge on any atom is -0.493 e. The molecule has 0 aliphatic carbocycles. The van der Waals surface area contributed by atoms with Gasteiger partial charge in [-0.3, -0.25) is 0 Å². The Kier molecular flexibility index (Phi) is 7.35. The van der Waals surface area contributed by atoms with E-state index in [0.29, 0.717) is 23.4 Å². The number of pyridine rings is 2. The molecule has 3 rings (SSSR count). The molecule has 1 aromatic carbocycles. The molecule has 0 bridgehead atoms. The van der Waals surface area contributed by atoms with Crippen molar-refractivity contribution < 1.29 is 4.74 Å². The SMILES string of the molecule is ClC(Cl)(Cl)c1ccc2ccc3c(OCCCCBr)cc(C(Cl)(Cl)Cl)nc3c2n1. The Balaban J connectivity index is 2.23. The summed E-state index contributed by atoms with van der Waals surface area (Å²) in [7, 11) is 0. The van der Waals surface area contributed by atoms with Gasteiger partial charge in [0.2, 0.25) is 7.59 Å². The molecular weight excluding hydrogens is 553 g/mol. The topological polar surface area (TPSA) is 35.0 Å². The van der Waals surface area contributed by atoms with E-state index in [4.69, 9.17) is 74.3 Å². The second kappa shape index (κ2) is 9.05. The van der Waals surface area contributed by atoms with Crippen molar-refractivity contribution >= 4 is 107 Å². The summed E-state index contributed by atoms with van der Waals surface area (Å²) in [5.74, 6) is 0.559. The van der Waals surface area contributed by atoms with Gasteiger partial charge in [-0.25, -0.2) is 9.97 Å². The zero-order valence-electron chi connectivity index (χ0n) is 14.2. The minimum atomic E-state index is -1.73. The molecule has 0 unspecified atom stereocenters. The standard InChI is InChI=1S/C18H13BrCl6N2O/c19-7-1-2-8-28-12-9-14(18(23,24)25)27-16-11(12)5-3-10-4-6-13(17(20,21)22)26-15(10)16/h3-6,9H,1-2,7-8H2. The van der Waals surface area contributed by atoms with Gasteiger partial charge in [-0.15, -0.1) is 0 Å². The van der Waals surface area contributed by atoms with Gasteiger partial charge in [-0.05, 0) is 25.0 Å². The fourth-order valence-electron chi connectivity index (χ4n) is 2.64. The number of aromatic nitrogens is 2. The van der Waals surface area contributed by atoms with Crippen molar-refractivity contribution in [2.24, 2.45) is 0 Å². The highest BCUT2D eigenvalue weighted by Gasteiger charge is 2.28. The van der Waals surface area contributed by atoms with Gasteiger partial charge in [0, 0.05) is 22.2 Å². The molecule has 0 amide bonds. The van der Waals surface area contributed by atoms with Crippen molar-refractivity contribution in [3.05, 3.63) is 41.7 Å². The number of hydrogen-bond donors (Lipinski definition) is 0. The quantitative estimate of drug-likeness (QED) is 0.179. The number of alkyl halides is 7. The molecule has 2 aromatic heterocycles. The average molecular weight is 566 g/mol. The maximum atomic E-state index is 6.09. The molecule has 28 heavy (non-hydrogen) atoms. The zero-order valence-corrected chi connectivity index (χ0v) is 20.3. The number of hydrogen-bond acceptors (Lipinski definition) is 3. The third kappa shape index (κ3) is 5.21. The maximum absolute atomic E-state index is 6.09. The summed E-state index contributed by atoms with van der Waals surface area (Å²) in [6.45, 7) is 0.518. The van der Waals surface area contributed by atoms with Gasteiger partial charge in [-0.1, -0.05) is 97.7 Å². The Labute approximate surface area is 200 Å². The van der Waals surface area contributed by atoms with Crippen LogP contribution in [0, 0.1) is 0 Å². The van der Waals surface area contributed by atoms with E-state index in [1.165, 1.54) is 0 Å². The molecule has 0 fully saturated rings. The summed E-state index contributed by atoms with van der Waals surface area (Å²) >= 11 is 39.7. The third-order valence-electron chi connectivity index (χ3n) is 3.97. The van der Waals surface area contributed by atoms with E-state index in [1.807, 2.05) is 12.1 Å². The predicted octanol–water partition coefficient (Wildman–Crippen LogP) is 7.99. The largest absolute Gasteiger partial charge is 0.493 e. The van der Waals surface area contributed by atoms with Crippen LogP contribution in [-0.4, -0.2) is 21.9 Å². The highest BCUT2D eigenvalue weighted by atomic mass is 79.9. The Morgan fingerprint density at radius 2 is 1.46 bits per heavy atom. The molecule has 0 atom stereocenters. The number of fused-ring (bicyclic) bond motifs is 3. The molecule has 0 aliphatic heterocycles. The molecule has 150 valence electrons. The fourth-order valence-corrected chi connectivity index (χ4v) is 3.64. The lowest BCUT2D eigenvalue weighted by molar-refractivity contribution is 0.313. The van der Waals surface area contributed by atoms with Crippen molar-refractivity contribution in [1.29, 1.82) is 0 Å². The molecule has 0 aliphatic rings. The summed E-state index contributed by atoms with van der Waals surface area (Å²) in [4.78, 5) is 9.03. The van der Waals surface area contributed by atoms with Crippen LogP contribution in [0.5, 0.6) is 5.75 Å². The van der Waals surface area contributed by atoms with E-state index < -0.39 is 7.59 Å². The van der Waals surface area contributed by atoms with Crippen LogP contribution in [0.25, 0.3) is 21.8 Å². The lowest BCUT2D eigenvalue weighted by atomic mass is 10.1. The van der Waals surface area contributed by atoms with E-state index in [1.54, 1.807) is 18.2 Å². The van der Waals surface area contributed by atoms with Crippen LogP contribution in [0.1, 0.15) is 24.2 Å². The minimum absolute atomic E-state index is 0.231. The zero-order chi connectivity index (χ0) is 20.5. The molecule has 0 saturated carbocycles. The summed E-state index contributed by atoms with van der Waals surface area (Å²) < 4.78 is 2.57. The summed E-state index contributed by atoms with van der Waals surface area (Å²) in [5.41, 5.74) is 1.54. The predicted molar refractivity (Wildman–Crippen MR) is 124 cm³/mol. The van der Waals surface area contributed by atoms with Gasteiger partial charge in [0.05, 0.1) is 23.5 Å².